The molecule has 0 heterocycles. The molecule has 0 aromatic heterocycles. The van der Waals surface area contributed by atoms with Gasteiger partial charge in [-0.05, 0) is 31.1 Å². The third-order valence-corrected chi connectivity index (χ3v) is 2.30. The van der Waals surface area contributed by atoms with Gasteiger partial charge in [0.2, 0.25) is 0 Å². The highest BCUT2D eigenvalue weighted by atomic mass is 35.5. The maximum atomic E-state index is 12.1. The van der Waals surface area contributed by atoms with E-state index in [4.69, 9.17) is 11.6 Å². The van der Waals surface area contributed by atoms with Crippen molar-refractivity contribution in [2.45, 2.75) is 20.0 Å². The first-order chi connectivity index (χ1) is 6.80. The molecular formula is C11H10ClF3. The molecule has 0 amide bonds. The van der Waals surface area contributed by atoms with Gasteiger partial charge < -0.3 is 0 Å². The van der Waals surface area contributed by atoms with Crippen LogP contribution in [0.4, 0.5) is 13.2 Å². The molecule has 0 fully saturated rings. The fourth-order valence-corrected chi connectivity index (χ4v) is 1.32. The minimum atomic E-state index is -4.47. The van der Waals surface area contributed by atoms with E-state index in [0.717, 1.165) is 17.2 Å². The maximum Gasteiger partial charge on any atom is 0.426 e. The van der Waals surface area contributed by atoms with Crippen LogP contribution in [-0.2, 0) is 0 Å². The predicted molar refractivity (Wildman–Crippen MR) is 55.8 cm³/mol. The third-order valence-electron chi connectivity index (χ3n) is 1.98. The standard InChI is InChI=1S/C11H10ClF3/c1-7-3-4-9(8(2)5-7)6-10(12)11(13,14)15/h3-6H,1-2H3. The molecule has 0 aliphatic carbocycles. The van der Waals surface area contributed by atoms with Crippen molar-refractivity contribution in [1.82, 2.24) is 0 Å². The Morgan fingerprint density at radius 2 is 1.87 bits per heavy atom. The zero-order chi connectivity index (χ0) is 11.6. The minimum absolute atomic E-state index is 0.489. The van der Waals surface area contributed by atoms with Crippen molar-refractivity contribution in [3.63, 3.8) is 0 Å². The molecule has 0 radical (unpaired) electrons. The second kappa shape index (κ2) is 4.27. The van der Waals surface area contributed by atoms with Gasteiger partial charge in [-0.15, -0.1) is 0 Å². The Balaban J connectivity index is 3.09. The fourth-order valence-electron chi connectivity index (χ4n) is 1.21. The SMILES string of the molecule is Cc1ccc(C=C(Cl)C(F)(F)F)c(C)c1. The van der Waals surface area contributed by atoms with E-state index in [2.05, 4.69) is 0 Å². The summed E-state index contributed by atoms with van der Waals surface area (Å²) >= 11 is 5.14. The molecule has 0 atom stereocenters. The van der Waals surface area contributed by atoms with Crippen molar-refractivity contribution in [3.8, 4) is 0 Å². The summed E-state index contributed by atoms with van der Waals surface area (Å²) in [4.78, 5) is 0. The van der Waals surface area contributed by atoms with E-state index in [0.29, 0.717) is 5.56 Å². The van der Waals surface area contributed by atoms with Gasteiger partial charge in [0.1, 0.15) is 5.03 Å². The van der Waals surface area contributed by atoms with Crippen LogP contribution < -0.4 is 0 Å². The molecule has 0 spiro atoms. The van der Waals surface area contributed by atoms with Crippen molar-refractivity contribution in [2.24, 2.45) is 0 Å². The van der Waals surface area contributed by atoms with Crippen LogP contribution in [0.15, 0.2) is 23.2 Å². The van der Waals surface area contributed by atoms with Crippen LogP contribution in [-0.4, -0.2) is 6.18 Å². The molecule has 4 heteroatoms. The van der Waals surface area contributed by atoms with Crippen LogP contribution in [0.5, 0.6) is 0 Å². The van der Waals surface area contributed by atoms with Crippen molar-refractivity contribution in [2.75, 3.05) is 0 Å². The van der Waals surface area contributed by atoms with E-state index >= 15 is 0 Å². The first-order valence-corrected chi connectivity index (χ1v) is 4.70. The Kier molecular flexibility index (Phi) is 3.45. The Labute approximate surface area is 91.4 Å². The van der Waals surface area contributed by atoms with E-state index in [1.54, 1.807) is 19.1 Å². The van der Waals surface area contributed by atoms with Gasteiger partial charge in [-0.3, -0.25) is 0 Å². The largest absolute Gasteiger partial charge is 0.426 e. The number of allylic oxidation sites excluding steroid dienone is 1. The van der Waals surface area contributed by atoms with E-state index in [1.165, 1.54) is 0 Å². The molecule has 0 bridgehead atoms. The summed E-state index contributed by atoms with van der Waals surface area (Å²) in [5, 5.41) is -1.10. The van der Waals surface area contributed by atoms with Gasteiger partial charge >= 0.3 is 6.18 Å². The van der Waals surface area contributed by atoms with Crippen LogP contribution in [0.3, 0.4) is 0 Å². The summed E-state index contributed by atoms with van der Waals surface area (Å²) in [6, 6.07) is 5.19. The molecule has 0 saturated carbocycles. The van der Waals surface area contributed by atoms with Crippen molar-refractivity contribution in [1.29, 1.82) is 0 Å². The first-order valence-electron chi connectivity index (χ1n) is 4.32. The second-order valence-corrected chi connectivity index (χ2v) is 3.76. The number of alkyl halides is 3. The summed E-state index contributed by atoms with van der Waals surface area (Å²) in [7, 11) is 0. The van der Waals surface area contributed by atoms with Gasteiger partial charge in [-0.1, -0.05) is 35.4 Å². The zero-order valence-electron chi connectivity index (χ0n) is 8.32. The van der Waals surface area contributed by atoms with Gasteiger partial charge in [0.25, 0.3) is 0 Å². The summed E-state index contributed by atoms with van der Waals surface area (Å²) in [5.74, 6) is 0. The Morgan fingerprint density at radius 3 is 2.33 bits per heavy atom. The van der Waals surface area contributed by atoms with Gasteiger partial charge in [-0.25, -0.2) is 0 Å². The number of rotatable bonds is 1. The van der Waals surface area contributed by atoms with Crippen LogP contribution in [0.1, 0.15) is 16.7 Å². The van der Waals surface area contributed by atoms with Crippen LogP contribution >= 0.6 is 11.6 Å². The molecule has 1 rings (SSSR count). The summed E-state index contributed by atoms with van der Waals surface area (Å²) in [6.07, 6.45) is -3.53. The predicted octanol–water partition coefficient (Wildman–Crippen LogP) is 4.45. The first kappa shape index (κ1) is 12.1. The lowest BCUT2D eigenvalue weighted by atomic mass is 10.1. The number of hydrogen-bond acceptors (Lipinski definition) is 0. The van der Waals surface area contributed by atoms with Crippen LogP contribution in [0.25, 0.3) is 6.08 Å². The lowest BCUT2D eigenvalue weighted by Crippen LogP contribution is -2.06. The highest BCUT2D eigenvalue weighted by Crippen LogP contribution is 2.30. The van der Waals surface area contributed by atoms with Gasteiger partial charge in [-0.2, -0.15) is 13.2 Å². The fraction of sp³-hybridized carbons (Fsp3) is 0.273. The summed E-state index contributed by atoms with van der Waals surface area (Å²) in [6.45, 7) is 3.63. The van der Waals surface area contributed by atoms with Crippen LogP contribution in [0, 0.1) is 13.8 Å². The molecule has 15 heavy (non-hydrogen) atoms. The van der Waals surface area contributed by atoms with Gasteiger partial charge in [0.15, 0.2) is 0 Å². The number of aryl methyl sites for hydroxylation is 2. The normalized spacial score (nSPS) is 13.1. The van der Waals surface area contributed by atoms with Gasteiger partial charge in [0, 0.05) is 0 Å². The van der Waals surface area contributed by atoms with E-state index in [1.807, 2.05) is 13.0 Å². The van der Waals surface area contributed by atoms with Crippen LogP contribution in [0.2, 0.25) is 0 Å². The number of halogens is 4. The molecule has 1 aromatic rings. The molecule has 0 aliphatic rings. The summed E-state index contributed by atoms with van der Waals surface area (Å²) in [5.41, 5.74) is 2.27. The maximum absolute atomic E-state index is 12.1. The van der Waals surface area contributed by atoms with Crippen molar-refractivity contribution < 1.29 is 13.2 Å². The molecule has 0 nitrogen and oxygen atoms in total. The average Bonchev–Trinajstić information content (AvgIpc) is 2.08. The van der Waals surface area contributed by atoms with E-state index in [-0.39, 0.29) is 0 Å². The summed E-state index contributed by atoms with van der Waals surface area (Å²) < 4.78 is 36.4. The molecule has 0 unspecified atom stereocenters. The number of hydrogen-bond donors (Lipinski definition) is 0. The monoisotopic (exact) mass is 234 g/mol. The Hall–Kier alpha value is -0.960. The zero-order valence-corrected chi connectivity index (χ0v) is 9.08. The number of benzene rings is 1. The molecular weight excluding hydrogens is 225 g/mol. The average molecular weight is 235 g/mol. The van der Waals surface area contributed by atoms with Crippen molar-refractivity contribution >= 4 is 17.7 Å². The molecule has 0 aliphatic heterocycles. The third kappa shape index (κ3) is 3.27. The molecule has 0 saturated heterocycles. The minimum Gasteiger partial charge on any atom is -0.165 e. The Bertz CT molecular complexity index is 391. The van der Waals surface area contributed by atoms with E-state index < -0.39 is 11.2 Å². The van der Waals surface area contributed by atoms with E-state index in [9.17, 15) is 13.2 Å². The topological polar surface area (TPSA) is 0 Å². The molecule has 1 aromatic carbocycles. The highest BCUT2D eigenvalue weighted by molar-refractivity contribution is 6.32. The second-order valence-electron chi connectivity index (χ2n) is 3.35. The smallest absolute Gasteiger partial charge is 0.165 e. The quantitative estimate of drug-likeness (QED) is 0.674. The lowest BCUT2D eigenvalue weighted by molar-refractivity contribution is -0.0836. The molecule has 0 N–H and O–H groups in total. The van der Waals surface area contributed by atoms with Crippen molar-refractivity contribution in [3.05, 3.63) is 39.9 Å². The molecule has 82 valence electrons. The van der Waals surface area contributed by atoms with Gasteiger partial charge in [0.05, 0.1) is 0 Å². The lowest BCUT2D eigenvalue weighted by Gasteiger charge is -2.06. The highest BCUT2D eigenvalue weighted by Gasteiger charge is 2.32. The Morgan fingerprint density at radius 1 is 1.27 bits per heavy atom.